The molecule has 0 N–H and O–H groups in total. The van der Waals surface area contributed by atoms with Crippen molar-refractivity contribution in [1.29, 1.82) is 0 Å². The lowest BCUT2D eigenvalue weighted by atomic mass is 9.93. The Hall–Kier alpha value is -1.23. The molecule has 0 amide bonds. The van der Waals surface area contributed by atoms with Gasteiger partial charge in [0.2, 0.25) is 0 Å². The van der Waals surface area contributed by atoms with Gasteiger partial charge < -0.3 is 9.47 Å². The van der Waals surface area contributed by atoms with Crippen LogP contribution in [-0.2, 0) is 3.42 Å². The Balaban J connectivity index is 2.33. The minimum absolute atomic E-state index is 0.0731. The summed E-state index contributed by atoms with van der Waals surface area (Å²) < 4.78 is 10.3. The average molecular weight is 368 g/mol. The number of alkyl halides is 1. The zero-order valence-corrected chi connectivity index (χ0v) is 13.5. The Kier molecular flexibility index (Phi) is 4.34. The molecule has 0 radical (unpaired) electrons. The molecule has 0 aromatic heterocycles. The van der Waals surface area contributed by atoms with Crippen LogP contribution in [-0.4, -0.2) is 14.2 Å². The van der Waals surface area contributed by atoms with Gasteiger partial charge in [0.15, 0.2) is 0 Å². The number of halogens is 1. The molecular formula is C16H17IO2. The van der Waals surface area contributed by atoms with Crippen LogP contribution in [0, 0.1) is 0 Å². The van der Waals surface area contributed by atoms with Crippen LogP contribution in [0.2, 0.25) is 0 Å². The van der Waals surface area contributed by atoms with Crippen molar-refractivity contribution in [2.45, 2.75) is 10.3 Å². The third kappa shape index (κ3) is 3.03. The predicted molar refractivity (Wildman–Crippen MR) is 86.5 cm³/mol. The minimum atomic E-state index is -0.0731. The van der Waals surface area contributed by atoms with E-state index in [9.17, 15) is 0 Å². The van der Waals surface area contributed by atoms with Crippen molar-refractivity contribution in [3.05, 3.63) is 59.7 Å². The second-order valence-corrected chi connectivity index (χ2v) is 6.62. The van der Waals surface area contributed by atoms with Crippen molar-refractivity contribution in [3.8, 4) is 11.5 Å². The van der Waals surface area contributed by atoms with E-state index >= 15 is 0 Å². The van der Waals surface area contributed by atoms with Gasteiger partial charge in [-0.2, -0.15) is 0 Å². The molecule has 0 heterocycles. The first-order valence-electron chi connectivity index (χ1n) is 6.06. The van der Waals surface area contributed by atoms with Gasteiger partial charge >= 0.3 is 0 Å². The maximum absolute atomic E-state index is 5.20. The van der Waals surface area contributed by atoms with Gasteiger partial charge in [0.05, 0.1) is 17.6 Å². The van der Waals surface area contributed by atoms with Gasteiger partial charge in [-0.05, 0) is 42.3 Å². The molecule has 2 rings (SSSR count). The maximum Gasteiger partial charge on any atom is 0.118 e. The Bertz CT molecular complexity index is 480. The fraction of sp³-hybridized carbons (Fsp3) is 0.250. The van der Waals surface area contributed by atoms with Crippen LogP contribution in [0.15, 0.2) is 48.5 Å². The minimum Gasteiger partial charge on any atom is -0.497 e. The fourth-order valence-electron chi connectivity index (χ4n) is 1.97. The number of hydrogen-bond acceptors (Lipinski definition) is 2. The van der Waals surface area contributed by atoms with E-state index in [1.54, 1.807) is 14.2 Å². The molecule has 0 saturated heterocycles. The van der Waals surface area contributed by atoms with E-state index < -0.39 is 0 Å². The van der Waals surface area contributed by atoms with Crippen molar-refractivity contribution in [3.63, 3.8) is 0 Å². The highest BCUT2D eigenvalue weighted by molar-refractivity contribution is 14.1. The molecule has 0 fully saturated rings. The smallest absolute Gasteiger partial charge is 0.118 e. The van der Waals surface area contributed by atoms with Crippen LogP contribution in [0.1, 0.15) is 18.1 Å². The number of hydrogen-bond donors (Lipinski definition) is 0. The summed E-state index contributed by atoms with van der Waals surface area (Å²) in [5.41, 5.74) is 2.50. The summed E-state index contributed by atoms with van der Waals surface area (Å²) in [5.74, 6) is 1.76. The SMILES string of the molecule is COc1ccc(C(C)(I)c2ccc(OC)cc2)cc1. The molecule has 0 atom stereocenters. The van der Waals surface area contributed by atoms with E-state index in [1.165, 1.54) is 11.1 Å². The van der Waals surface area contributed by atoms with Crippen LogP contribution in [0.4, 0.5) is 0 Å². The Morgan fingerprint density at radius 3 is 1.32 bits per heavy atom. The molecule has 0 aliphatic carbocycles. The topological polar surface area (TPSA) is 18.5 Å². The third-order valence-electron chi connectivity index (χ3n) is 3.26. The molecule has 2 nitrogen and oxygen atoms in total. The van der Waals surface area contributed by atoms with Crippen LogP contribution < -0.4 is 9.47 Å². The normalized spacial score (nSPS) is 11.2. The molecule has 100 valence electrons. The summed E-state index contributed by atoms with van der Waals surface area (Å²) in [7, 11) is 3.36. The third-order valence-corrected chi connectivity index (χ3v) is 4.51. The Morgan fingerprint density at radius 2 is 1.05 bits per heavy atom. The van der Waals surface area contributed by atoms with E-state index in [4.69, 9.17) is 9.47 Å². The van der Waals surface area contributed by atoms with Crippen LogP contribution in [0.25, 0.3) is 0 Å². The lowest BCUT2D eigenvalue weighted by molar-refractivity contribution is 0.414. The zero-order chi connectivity index (χ0) is 13.9. The number of methoxy groups -OCH3 is 2. The van der Waals surface area contributed by atoms with Crippen molar-refractivity contribution in [2.24, 2.45) is 0 Å². The largest absolute Gasteiger partial charge is 0.497 e. The quantitative estimate of drug-likeness (QED) is 0.588. The van der Waals surface area contributed by atoms with Gasteiger partial charge in [0, 0.05) is 0 Å². The molecule has 0 spiro atoms. The van der Waals surface area contributed by atoms with E-state index in [-0.39, 0.29) is 3.42 Å². The van der Waals surface area contributed by atoms with E-state index in [1.807, 2.05) is 24.3 Å². The average Bonchev–Trinajstić information content (AvgIpc) is 2.47. The second-order valence-electron chi connectivity index (χ2n) is 4.46. The number of rotatable bonds is 4. The van der Waals surface area contributed by atoms with Crippen molar-refractivity contribution in [2.75, 3.05) is 14.2 Å². The summed E-state index contributed by atoms with van der Waals surface area (Å²) >= 11 is 2.47. The number of ether oxygens (including phenoxy) is 2. The summed E-state index contributed by atoms with van der Waals surface area (Å²) in [4.78, 5) is 0. The van der Waals surface area contributed by atoms with Gasteiger partial charge in [-0.15, -0.1) is 0 Å². The summed E-state index contributed by atoms with van der Waals surface area (Å²) in [6, 6.07) is 16.4. The molecule has 2 aromatic rings. The highest BCUT2D eigenvalue weighted by Crippen LogP contribution is 2.39. The molecule has 0 aliphatic heterocycles. The molecule has 2 aromatic carbocycles. The van der Waals surface area contributed by atoms with Crippen molar-refractivity contribution >= 4 is 22.6 Å². The highest BCUT2D eigenvalue weighted by atomic mass is 127. The fourth-order valence-corrected chi connectivity index (χ4v) is 2.69. The van der Waals surface area contributed by atoms with Crippen LogP contribution in [0.3, 0.4) is 0 Å². The monoisotopic (exact) mass is 368 g/mol. The Labute approximate surface area is 127 Å². The first-order valence-corrected chi connectivity index (χ1v) is 7.14. The maximum atomic E-state index is 5.20. The molecule has 0 bridgehead atoms. The van der Waals surface area contributed by atoms with Crippen LogP contribution in [0.5, 0.6) is 11.5 Å². The molecule has 19 heavy (non-hydrogen) atoms. The molecule has 0 aliphatic rings. The van der Waals surface area contributed by atoms with Crippen LogP contribution >= 0.6 is 22.6 Å². The first kappa shape index (κ1) is 14.2. The van der Waals surface area contributed by atoms with Gasteiger partial charge in [0.1, 0.15) is 11.5 Å². The van der Waals surface area contributed by atoms with Gasteiger partial charge in [-0.1, -0.05) is 46.9 Å². The molecular weight excluding hydrogens is 351 g/mol. The van der Waals surface area contributed by atoms with E-state index in [2.05, 4.69) is 53.8 Å². The van der Waals surface area contributed by atoms with E-state index in [0.717, 1.165) is 11.5 Å². The van der Waals surface area contributed by atoms with E-state index in [0.29, 0.717) is 0 Å². The first-order chi connectivity index (χ1) is 9.07. The number of benzene rings is 2. The predicted octanol–water partition coefficient (Wildman–Crippen LogP) is 4.40. The molecule has 3 heteroatoms. The molecule has 0 saturated carbocycles. The summed E-state index contributed by atoms with van der Waals surface area (Å²) in [6.07, 6.45) is 0. The Morgan fingerprint density at radius 1 is 0.737 bits per heavy atom. The van der Waals surface area contributed by atoms with Crippen molar-refractivity contribution < 1.29 is 9.47 Å². The lowest BCUT2D eigenvalue weighted by Crippen LogP contribution is -2.14. The van der Waals surface area contributed by atoms with Gasteiger partial charge in [0.25, 0.3) is 0 Å². The van der Waals surface area contributed by atoms with Gasteiger partial charge in [-0.25, -0.2) is 0 Å². The summed E-state index contributed by atoms with van der Waals surface area (Å²) in [5, 5.41) is 0. The van der Waals surface area contributed by atoms with Crippen molar-refractivity contribution in [1.82, 2.24) is 0 Å². The second kappa shape index (κ2) is 5.82. The lowest BCUT2D eigenvalue weighted by Gasteiger charge is -2.24. The zero-order valence-electron chi connectivity index (χ0n) is 11.3. The summed E-state index contributed by atoms with van der Waals surface area (Å²) in [6.45, 7) is 2.21. The van der Waals surface area contributed by atoms with Gasteiger partial charge in [-0.3, -0.25) is 0 Å². The molecule has 0 unspecified atom stereocenters. The standard InChI is InChI=1S/C16H17IO2/c1-16(17,12-4-8-14(18-2)9-5-12)13-6-10-15(19-3)11-7-13/h4-11H,1-3H3. The highest BCUT2D eigenvalue weighted by Gasteiger charge is 2.25.